The van der Waals surface area contributed by atoms with Gasteiger partial charge in [-0.05, 0) is 36.8 Å². The standard InChI is InChI=1S/C18H16Cl2N4S/c1-12-5-7-13(8-6-12)10-24-11-14(9-21-24)22-18(25)23-16-4-2-3-15(19)17(16)20/h2-9,11H,10H2,1H3,(H2,22,23,25). The number of anilines is 2. The number of aromatic nitrogens is 2. The Bertz CT molecular complexity index is 890. The van der Waals surface area contributed by atoms with E-state index in [2.05, 4.69) is 46.9 Å². The molecule has 0 aliphatic carbocycles. The smallest absolute Gasteiger partial charge is 0.175 e. The lowest BCUT2D eigenvalue weighted by molar-refractivity contribution is 0.687. The van der Waals surface area contributed by atoms with E-state index in [0.717, 1.165) is 5.69 Å². The van der Waals surface area contributed by atoms with Gasteiger partial charge < -0.3 is 10.6 Å². The van der Waals surface area contributed by atoms with Crippen molar-refractivity contribution in [3.63, 3.8) is 0 Å². The number of nitrogens with one attached hydrogen (secondary N) is 2. The molecule has 1 heterocycles. The van der Waals surface area contributed by atoms with E-state index in [4.69, 9.17) is 35.4 Å². The van der Waals surface area contributed by atoms with Crippen molar-refractivity contribution in [3.8, 4) is 0 Å². The van der Waals surface area contributed by atoms with Crippen LogP contribution in [0.15, 0.2) is 54.9 Å². The minimum Gasteiger partial charge on any atom is -0.331 e. The second-order valence-corrected chi connectivity index (χ2v) is 6.79. The molecule has 0 atom stereocenters. The summed E-state index contributed by atoms with van der Waals surface area (Å²) in [6.45, 7) is 2.77. The lowest BCUT2D eigenvalue weighted by Gasteiger charge is -2.11. The first kappa shape index (κ1) is 17.7. The molecule has 3 rings (SSSR count). The summed E-state index contributed by atoms with van der Waals surface area (Å²) in [6.07, 6.45) is 3.62. The van der Waals surface area contributed by atoms with Crippen molar-refractivity contribution in [1.82, 2.24) is 9.78 Å². The summed E-state index contributed by atoms with van der Waals surface area (Å²) >= 11 is 17.5. The summed E-state index contributed by atoms with van der Waals surface area (Å²) < 4.78 is 1.85. The maximum absolute atomic E-state index is 6.15. The van der Waals surface area contributed by atoms with Gasteiger partial charge in [-0.15, -0.1) is 0 Å². The second kappa shape index (κ2) is 7.87. The molecule has 0 amide bonds. The third-order valence-corrected chi connectivity index (χ3v) is 4.58. The highest BCUT2D eigenvalue weighted by molar-refractivity contribution is 7.80. The van der Waals surface area contributed by atoms with Crippen molar-refractivity contribution in [2.75, 3.05) is 10.6 Å². The number of benzene rings is 2. The van der Waals surface area contributed by atoms with Gasteiger partial charge in [0.15, 0.2) is 5.11 Å². The maximum atomic E-state index is 6.15. The molecule has 0 saturated heterocycles. The number of aryl methyl sites for hydroxylation is 1. The normalized spacial score (nSPS) is 10.5. The van der Waals surface area contributed by atoms with Crippen LogP contribution in [0.5, 0.6) is 0 Å². The third kappa shape index (κ3) is 4.72. The summed E-state index contributed by atoms with van der Waals surface area (Å²) in [7, 11) is 0. The van der Waals surface area contributed by atoms with Crippen LogP contribution in [0.1, 0.15) is 11.1 Å². The lowest BCUT2D eigenvalue weighted by Crippen LogP contribution is -2.19. The van der Waals surface area contributed by atoms with E-state index < -0.39 is 0 Å². The molecule has 0 radical (unpaired) electrons. The quantitative estimate of drug-likeness (QED) is 0.588. The fourth-order valence-corrected chi connectivity index (χ4v) is 2.86. The van der Waals surface area contributed by atoms with Gasteiger partial charge in [0.2, 0.25) is 0 Å². The highest BCUT2D eigenvalue weighted by Gasteiger charge is 2.07. The Morgan fingerprint density at radius 3 is 2.64 bits per heavy atom. The van der Waals surface area contributed by atoms with Crippen LogP contribution in [0, 0.1) is 6.92 Å². The van der Waals surface area contributed by atoms with E-state index in [0.29, 0.717) is 27.4 Å². The van der Waals surface area contributed by atoms with Gasteiger partial charge in [-0.2, -0.15) is 5.10 Å². The van der Waals surface area contributed by atoms with Crippen molar-refractivity contribution in [2.45, 2.75) is 13.5 Å². The van der Waals surface area contributed by atoms with Gasteiger partial charge >= 0.3 is 0 Å². The predicted octanol–water partition coefficient (Wildman–Crippen LogP) is 5.36. The molecule has 2 N–H and O–H groups in total. The van der Waals surface area contributed by atoms with Crippen molar-refractivity contribution >= 4 is 51.9 Å². The third-order valence-electron chi connectivity index (χ3n) is 3.56. The van der Waals surface area contributed by atoms with Gasteiger partial charge in [-0.3, -0.25) is 4.68 Å². The fourth-order valence-electron chi connectivity index (χ4n) is 2.28. The van der Waals surface area contributed by atoms with Gasteiger partial charge in [0.25, 0.3) is 0 Å². The molecule has 0 fully saturated rings. The molecule has 1 aromatic heterocycles. The number of halogens is 2. The molecular formula is C18H16Cl2N4S. The first-order valence-corrected chi connectivity index (χ1v) is 8.78. The van der Waals surface area contributed by atoms with E-state index in [9.17, 15) is 0 Å². The number of hydrogen-bond acceptors (Lipinski definition) is 2. The van der Waals surface area contributed by atoms with Gasteiger partial charge in [0, 0.05) is 6.20 Å². The highest BCUT2D eigenvalue weighted by Crippen LogP contribution is 2.29. The van der Waals surface area contributed by atoms with Crippen LogP contribution in [-0.2, 0) is 6.54 Å². The summed E-state index contributed by atoms with van der Waals surface area (Å²) in [6, 6.07) is 13.7. The Kier molecular flexibility index (Phi) is 5.58. The zero-order chi connectivity index (χ0) is 17.8. The molecule has 0 unspecified atom stereocenters. The summed E-state index contributed by atoms with van der Waals surface area (Å²) in [5.74, 6) is 0. The molecule has 7 heteroatoms. The summed E-state index contributed by atoms with van der Waals surface area (Å²) in [5.41, 5.74) is 3.87. The Labute approximate surface area is 161 Å². The Hall–Kier alpha value is -2.08. The van der Waals surface area contributed by atoms with Gasteiger partial charge in [-0.25, -0.2) is 0 Å². The van der Waals surface area contributed by atoms with E-state index in [1.54, 1.807) is 18.3 Å². The van der Waals surface area contributed by atoms with Crippen LogP contribution in [-0.4, -0.2) is 14.9 Å². The van der Waals surface area contributed by atoms with Crippen molar-refractivity contribution in [3.05, 3.63) is 76.0 Å². The Balaban J connectivity index is 1.61. The molecule has 3 aromatic rings. The zero-order valence-corrected chi connectivity index (χ0v) is 15.8. The van der Waals surface area contributed by atoms with Gasteiger partial charge in [0.05, 0.1) is 34.2 Å². The van der Waals surface area contributed by atoms with Crippen LogP contribution >= 0.6 is 35.4 Å². The maximum Gasteiger partial charge on any atom is 0.175 e. The molecule has 0 spiro atoms. The Morgan fingerprint density at radius 1 is 1.12 bits per heavy atom. The average Bonchev–Trinajstić information content (AvgIpc) is 3.01. The van der Waals surface area contributed by atoms with Crippen LogP contribution in [0.4, 0.5) is 11.4 Å². The van der Waals surface area contributed by atoms with Crippen molar-refractivity contribution < 1.29 is 0 Å². The molecule has 0 bridgehead atoms. The largest absolute Gasteiger partial charge is 0.331 e. The molecule has 2 aromatic carbocycles. The van der Waals surface area contributed by atoms with E-state index >= 15 is 0 Å². The molecule has 128 valence electrons. The molecule has 25 heavy (non-hydrogen) atoms. The van der Waals surface area contributed by atoms with Crippen LogP contribution in [0.2, 0.25) is 10.0 Å². The lowest BCUT2D eigenvalue weighted by atomic mass is 10.1. The first-order valence-electron chi connectivity index (χ1n) is 7.61. The zero-order valence-electron chi connectivity index (χ0n) is 13.5. The van der Waals surface area contributed by atoms with Gasteiger partial charge in [0.1, 0.15) is 0 Å². The number of nitrogens with zero attached hydrogens (tertiary/aromatic N) is 2. The average molecular weight is 391 g/mol. The summed E-state index contributed by atoms with van der Waals surface area (Å²) in [4.78, 5) is 0. The topological polar surface area (TPSA) is 41.9 Å². The molecular weight excluding hydrogens is 375 g/mol. The minimum atomic E-state index is 0.416. The van der Waals surface area contributed by atoms with Crippen LogP contribution in [0.25, 0.3) is 0 Å². The van der Waals surface area contributed by atoms with E-state index in [1.165, 1.54) is 11.1 Å². The van der Waals surface area contributed by atoms with E-state index in [1.807, 2.05) is 16.9 Å². The highest BCUT2D eigenvalue weighted by atomic mass is 35.5. The first-order chi connectivity index (χ1) is 12.0. The van der Waals surface area contributed by atoms with Gasteiger partial charge in [-0.1, -0.05) is 59.1 Å². The number of thiocarbonyl (C=S) groups is 1. The van der Waals surface area contributed by atoms with E-state index in [-0.39, 0.29) is 0 Å². The van der Waals surface area contributed by atoms with Crippen LogP contribution < -0.4 is 10.6 Å². The van der Waals surface area contributed by atoms with Crippen LogP contribution in [0.3, 0.4) is 0 Å². The SMILES string of the molecule is Cc1ccc(Cn2cc(NC(=S)Nc3cccc(Cl)c3Cl)cn2)cc1. The molecule has 0 aliphatic rings. The van der Waals surface area contributed by atoms with Crippen molar-refractivity contribution in [1.29, 1.82) is 0 Å². The number of hydrogen-bond donors (Lipinski definition) is 2. The second-order valence-electron chi connectivity index (χ2n) is 5.59. The fraction of sp³-hybridized carbons (Fsp3) is 0.111. The monoisotopic (exact) mass is 390 g/mol. The van der Waals surface area contributed by atoms with Crippen molar-refractivity contribution in [2.24, 2.45) is 0 Å². The Morgan fingerprint density at radius 2 is 1.88 bits per heavy atom. The molecule has 4 nitrogen and oxygen atoms in total. The minimum absolute atomic E-state index is 0.416. The summed E-state index contributed by atoms with van der Waals surface area (Å²) in [5, 5.41) is 11.8. The molecule has 0 aliphatic heterocycles. The predicted molar refractivity (Wildman–Crippen MR) is 109 cm³/mol. The number of rotatable bonds is 4. The molecule has 0 saturated carbocycles.